The van der Waals surface area contributed by atoms with Crippen molar-refractivity contribution >= 4 is 32.6 Å². The van der Waals surface area contributed by atoms with Gasteiger partial charge in [0.15, 0.2) is 5.76 Å². The molecule has 2 heterocycles. The molecule has 10 nitrogen and oxygen atoms in total. The van der Waals surface area contributed by atoms with Gasteiger partial charge >= 0.3 is 0 Å². The fraction of sp³-hybridized carbons (Fsp3) is 0.286. The molecule has 0 spiro atoms. The minimum atomic E-state index is -3.91. The van der Waals surface area contributed by atoms with Gasteiger partial charge in [-0.25, -0.2) is 8.42 Å². The first-order valence-electron chi connectivity index (χ1n) is 9.83. The Morgan fingerprint density at radius 2 is 1.84 bits per heavy atom. The van der Waals surface area contributed by atoms with E-state index < -0.39 is 14.9 Å². The number of piperazine rings is 1. The third kappa shape index (κ3) is 3.80. The maximum Gasteiger partial charge on any atom is 0.289 e. The molecule has 0 N–H and O–H groups in total. The predicted molar refractivity (Wildman–Crippen MR) is 115 cm³/mol. The van der Waals surface area contributed by atoms with E-state index in [2.05, 4.69) is 0 Å². The summed E-state index contributed by atoms with van der Waals surface area (Å²) in [5, 5.41) is 11.8. The first kappa shape index (κ1) is 21.8. The average molecular weight is 459 g/mol. The zero-order chi connectivity index (χ0) is 23.0. The number of nitrogens with zero attached hydrogens (tertiary/aromatic N) is 3. The standard InChI is InChI=1S/C21H21N3O7S/c1-14-18-13-16(30-2)6-7-19(18)31-20(14)21(25)22-8-10-23(11-9-22)32(28,29)17-5-3-4-15(12-17)24(26)27/h3-7,12-13H,8-11H2,1-2H3. The Labute approximate surface area is 184 Å². The van der Waals surface area contributed by atoms with Crippen LogP contribution in [0.3, 0.4) is 0 Å². The fourth-order valence-electron chi connectivity index (χ4n) is 3.71. The molecule has 0 atom stereocenters. The van der Waals surface area contributed by atoms with Crippen molar-refractivity contribution in [3.05, 3.63) is 63.9 Å². The molecule has 32 heavy (non-hydrogen) atoms. The normalized spacial score (nSPS) is 15.1. The zero-order valence-corrected chi connectivity index (χ0v) is 18.3. The number of nitro benzene ring substituents is 1. The van der Waals surface area contributed by atoms with Crippen molar-refractivity contribution in [3.8, 4) is 5.75 Å². The molecule has 0 aliphatic carbocycles. The number of fused-ring (bicyclic) bond motifs is 1. The number of benzene rings is 2. The van der Waals surface area contributed by atoms with E-state index >= 15 is 0 Å². The highest BCUT2D eigenvalue weighted by atomic mass is 32.2. The third-order valence-corrected chi connectivity index (χ3v) is 7.42. The summed E-state index contributed by atoms with van der Waals surface area (Å²) in [6.45, 7) is 2.29. The van der Waals surface area contributed by atoms with Crippen LogP contribution in [0.15, 0.2) is 51.8 Å². The number of sulfonamides is 1. The topological polar surface area (TPSA) is 123 Å². The van der Waals surface area contributed by atoms with Gasteiger partial charge < -0.3 is 14.1 Å². The van der Waals surface area contributed by atoms with Crippen LogP contribution < -0.4 is 4.74 Å². The first-order valence-corrected chi connectivity index (χ1v) is 11.3. The van der Waals surface area contributed by atoms with Crippen molar-refractivity contribution < 1.29 is 27.3 Å². The quantitative estimate of drug-likeness (QED) is 0.424. The van der Waals surface area contributed by atoms with Crippen LogP contribution >= 0.6 is 0 Å². The molecule has 3 aromatic rings. The minimum absolute atomic E-state index is 0.0733. The summed E-state index contributed by atoms with van der Waals surface area (Å²) < 4.78 is 38.0. The molecule has 1 fully saturated rings. The van der Waals surface area contributed by atoms with Crippen LogP contribution in [-0.2, 0) is 10.0 Å². The number of nitro groups is 1. The van der Waals surface area contributed by atoms with Crippen LogP contribution in [0.5, 0.6) is 5.75 Å². The molecule has 1 aromatic heterocycles. The molecule has 1 aliphatic heterocycles. The van der Waals surface area contributed by atoms with Gasteiger partial charge in [0.1, 0.15) is 11.3 Å². The number of ether oxygens (including phenoxy) is 1. The van der Waals surface area contributed by atoms with Gasteiger partial charge in [0, 0.05) is 49.3 Å². The van der Waals surface area contributed by atoms with Gasteiger partial charge in [-0.15, -0.1) is 0 Å². The van der Waals surface area contributed by atoms with Crippen molar-refractivity contribution in [3.63, 3.8) is 0 Å². The van der Waals surface area contributed by atoms with Gasteiger partial charge in [0.2, 0.25) is 10.0 Å². The molecule has 168 valence electrons. The van der Waals surface area contributed by atoms with E-state index in [1.54, 1.807) is 37.1 Å². The number of methoxy groups -OCH3 is 1. The molecule has 0 saturated carbocycles. The number of hydrogen-bond acceptors (Lipinski definition) is 7. The Bertz CT molecular complexity index is 1310. The lowest BCUT2D eigenvalue weighted by Crippen LogP contribution is -2.50. The summed E-state index contributed by atoms with van der Waals surface area (Å²) in [7, 11) is -2.36. The van der Waals surface area contributed by atoms with Crippen molar-refractivity contribution in [1.82, 2.24) is 9.21 Å². The molecule has 11 heteroatoms. The largest absolute Gasteiger partial charge is 0.497 e. The van der Waals surface area contributed by atoms with E-state index in [9.17, 15) is 23.3 Å². The van der Waals surface area contributed by atoms with E-state index in [0.29, 0.717) is 16.9 Å². The molecular formula is C21H21N3O7S. The first-order chi connectivity index (χ1) is 15.2. The third-order valence-electron chi connectivity index (χ3n) is 5.53. The fourth-order valence-corrected chi connectivity index (χ4v) is 5.18. The molecule has 0 radical (unpaired) electrons. The zero-order valence-electron chi connectivity index (χ0n) is 17.5. The summed E-state index contributed by atoms with van der Waals surface area (Å²) in [5.41, 5.74) is 0.964. The molecule has 4 rings (SSSR count). The molecule has 0 bridgehead atoms. The number of furan rings is 1. The molecule has 1 saturated heterocycles. The minimum Gasteiger partial charge on any atom is -0.497 e. The Balaban J connectivity index is 1.51. The molecule has 1 amide bonds. The number of carbonyl (C=O) groups is 1. The lowest BCUT2D eigenvalue weighted by molar-refractivity contribution is -0.385. The maximum absolute atomic E-state index is 13.0. The summed E-state index contributed by atoms with van der Waals surface area (Å²) in [6.07, 6.45) is 0. The summed E-state index contributed by atoms with van der Waals surface area (Å²) >= 11 is 0. The molecule has 0 unspecified atom stereocenters. The number of hydrogen-bond donors (Lipinski definition) is 0. The predicted octanol–water partition coefficient (Wildman–Crippen LogP) is 2.80. The lowest BCUT2D eigenvalue weighted by Gasteiger charge is -2.33. The van der Waals surface area contributed by atoms with Crippen molar-refractivity contribution in [2.45, 2.75) is 11.8 Å². The van der Waals surface area contributed by atoms with Crippen molar-refractivity contribution in [2.75, 3.05) is 33.3 Å². The summed E-state index contributed by atoms with van der Waals surface area (Å²) in [5.74, 6) is 0.550. The van der Waals surface area contributed by atoms with Crippen molar-refractivity contribution in [2.24, 2.45) is 0 Å². The number of carbonyl (C=O) groups excluding carboxylic acids is 1. The summed E-state index contributed by atoms with van der Waals surface area (Å²) in [4.78, 5) is 24.8. The Hall–Kier alpha value is -3.44. The Morgan fingerprint density at radius 1 is 1.12 bits per heavy atom. The summed E-state index contributed by atoms with van der Waals surface area (Å²) in [6, 6.07) is 10.2. The van der Waals surface area contributed by atoms with Crippen LogP contribution in [-0.4, -0.2) is 61.7 Å². The number of amides is 1. The van der Waals surface area contributed by atoms with Gasteiger partial charge in [-0.1, -0.05) is 6.07 Å². The van der Waals surface area contributed by atoms with Gasteiger partial charge in [-0.05, 0) is 31.2 Å². The van der Waals surface area contributed by atoms with E-state index in [4.69, 9.17) is 9.15 Å². The monoisotopic (exact) mass is 459 g/mol. The molecule has 2 aromatic carbocycles. The average Bonchev–Trinajstić information content (AvgIpc) is 3.14. The van der Waals surface area contributed by atoms with Crippen molar-refractivity contribution in [1.29, 1.82) is 0 Å². The van der Waals surface area contributed by atoms with Crippen LogP contribution in [0, 0.1) is 17.0 Å². The highest BCUT2D eigenvalue weighted by Gasteiger charge is 2.32. The molecular weight excluding hydrogens is 438 g/mol. The number of non-ortho nitro benzene ring substituents is 1. The lowest BCUT2D eigenvalue weighted by atomic mass is 10.1. The second kappa shape index (κ2) is 8.24. The van der Waals surface area contributed by atoms with Crippen LogP contribution in [0.4, 0.5) is 5.69 Å². The smallest absolute Gasteiger partial charge is 0.289 e. The van der Waals surface area contributed by atoms with Crippen LogP contribution in [0.25, 0.3) is 11.0 Å². The van der Waals surface area contributed by atoms with E-state index in [1.165, 1.54) is 22.5 Å². The van der Waals surface area contributed by atoms with Gasteiger partial charge in [0.05, 0.1) is 16.9 Å². The van der Waals surface area contributed by atoms with Gasteiger partial charge in [-0.2, -0.15) is 4.31 Å². The second-order valence-corrected chi connectivity index (χ2v) is 9.31. The van der Waals surface area contributed by atoms with E-state index in [0.717, 1.165) is 11.5 Å². The van der Waals surface area contributed by atoms with E-state index in [-0.39, 0.29) is 48.4 Å². The van der Waals surface area contributed by atoms with Gasteiger partial charge in [0.25, 0.3) is 11.6 Å². The second-order valence-electron chi connectivity index (χ2n) is 7.37. The molecule has 1 aliphatic rings. The van der Waals surface area contributed by atoms with Crippen LogP contribution in [0.2, 0.25) is 0 Å². The van der Waals surface area contributed by atoms with E-state index in [1.807, 2.05) is 0 Å². The highest BCUT2D eigenvalue weighted by molar-refractivity contribution is 7.89. The number of aryl methyl sites for hydroxylation is 1. The highest BCUT2D eigenvalue weighted by Crippen LogP contribution is 2.30. The Kier molecular flexibility index (Phi) is 5.61. The van der Waals surface area contributed by atoms with Crippen LogP contribution in [0.1, 0.15) is 16.1 Å². The maximum atomic E-state index is 13.0. The van der Waals surface area contributed by atoms with Gasteiger partial charge in [-0.3, -0.25) is 14.9 Å². The number of rotatable bonds is 5. The Morgan fingerprint density at radius 3 is 2.50 bits per heavy atom. The SMILES string of the molecule is COc1ccc2oc(C(=O)N3CCN(S(=O)(=O)c4cccc([N+](=O)[O-])c4)CC3)c(C)c2c1.